The standard InChI is InChI=1S/C20H30N2O5/c1-19(2,3)27-18(25)22-12-11-20(15-22,10-7-13-23)21-17(24)26-14-16-8-5-4-6-9-16/h4-6,8-9,23H,7,10-15H2,1-3H3,(H,21,24). The molecule has 1 saturated heterocycles. The molecule has 7 nitrogen and oxygen atoms in total. The summed E-state index contributed by atoms with van der Waals surface area (Å²) in [6, 6.07) is 9.44. The number of rotatable bonds is 6. The summed E-state index contributed by atoms with van der Waals surface area (Å²) in [7, 11) is 0. The molecule has 0 bridgehead atoms. The van der Waals surface area contributed by atoms with Gasteiger partial charge in [-0.1, -0.05) is 30.3 Å². The molecule has 2 N–H and O–H groups in total. The van der Waals surface area contributed by atoms with E-state index >= 15 is 0 Å². The highest BCUT2D eigenvalue weighted by Crippen LogP contribution is 2.28. The number of amides is 2. The van der Waals surface area contributed by atoms with E-state index in [4.69, 9.17) is 9.47 Å². The van der Waals surface area contributed by atoms with E-state index in [0.29, 0.717) is 32.4 Å². The second-order valence-electron chi connectivity index (χ2n) is 7.95. The van der Waals surface area contributed by atoms with Crippen LogP contribution in [-0.4, -0.2) is 53.0 Å². The maximum absolute atomic E-state index is 12.3. The van der Waals surface area contributed by atoms with Gasteiger partial charge in [0.2, 0.25) is 0 Å². The van der Waals surface area contributed by atoms with Crippen molar-refractivity contribution >= 4 is 12.2 Å². The summed E-state index contributed by atoms with van der Waals surface area (Å²) < 4.78 is 10.7. The van der Waals surface area contributed by atoms with Gasteiger partial charge in [-0.2, -0.15) is 0 Å². The molecule has 1 aromatic rings. The predicted octanol–water partition coefficient (Wildman–Crippen LogP) is 3.06. The van der Waals surface area contributed by atoms with Crippen LogP contribution in [0.3, 0.4) is 0 Å². The summed E-state index contributed by atoms with van der Waals surface area (Å²) in [6.07, 6.45) is 0.757. The van der Waals surface area contributed by atoms with Gasteiger partial charge in [-0.3, -0.25) is 0 Å². The molecule has 27 heavy (non-hydrogen) atoms. The molecule has 1 atom stereocenters. The number of aliphatic hydroxyl groups is 1. The van der Waals surface area contributed by atoms with Gasteiger partial charge in [-0.25, -0.2) is 9.59 Å². The number of likely N-dealkylation sites (tertiary alicyclic amines) is 1. The number of hydrogen-bond acceptors (Lipinski definition) is 5. The van der Waals surface area contributed by atoms with Gasteiger partial charge in [0.1, 0.15) is 12.2 Å². The molecular formula is C20H30N2O5. The highest BCUT2D eigenvalue weighted by molar-refractivity contribution is 5.71. The van der Waals surface area contributed by atoms with E-state index in [1.165, 1.54) is 0 Å². The van der Waals surface area contributed by atoms with E-state index in [1.807, 2.05) is 51.1 Å². The third-order valence-electron chi connectivity index (χ3n) is 4.40. The number of carbonyl (C=O) groups is 2. The topological polar surface area (TPSA) is 88.1 Å². The van der Waals surface area contributed by atoms with Crippen LogP contribution in [0.4, 0.5) is 9.59 Å². The second kappa shape index (κ2) is 9.08. The Hall–Kier alpha value is -2.28. The predicted molar refractivity (Wildman–Crippen MR) is 101 cm³/mol. The molecule has 1 unspecified atom stereocenters. The molecule has 0 radical (unpaired) electrons. The summed E-state index contributed by atoms with van der Waals surface area (Å²) in [5.41, 5.74) is -0.290. The lowest BCUT2D eigenvalue weighted by Gasteiger charge is -2.30. The van der Waals surface area contributed by atoms with Gasteiger partial charge in [0.15, 0.2) is 0 Å². The Bertz CT molecular complexity index is 629. The fraction of sp³-hybridized carbons (Fsp3) is 0.600. The van der Waals surface area contributed by atoms with E-state index < -0.39 is 23.3 Å². The molecule has 0 saturated carbocycles. The van der Waals surface area contributed by atoms with E-state index in [2.05, 4.69) is 5.32 Å². The Morgan fingerprint density at radius 1 is 1.26 bits per heavy atom. The quantitative estimate of drug-likeness (QED) is 0.794. The Balaban J connectivity index is 1.95. The normalized spacial score (nSPS) is 19.6. The number of ether oxygens (including phenoxy) is 2. The van der Waals surface area contributed by atoms with Crippen molar-refractivity contribution in [2.45, 2.75) is 57.8 Å². The molecule has 1 aliphatic rings. The number of alkyl carbamates (subject to hydrolysis) is 1. The number of hydrogen-bond donors (Lipinski definition) is 2. The highest BCUT2D eigenvalue weighted by Gasteiger charge is 2.42. The van der Waals surface area contributed by atoms with E-state index in [9.17, 15) is 14.7 Å². The van der Waals surface area contributed by atoms with Crippen LogP contribution >= 0.6 is 0 Å². The van der Waals surface area contributed by atoms with Gasteiger partial charge in [0.25, 0.3) is 0 Å². The number of nitrogens with one attached hydrogen (secondary N) is 1. The molecule has 1 aliphatic heterocycles. The third kappa shape index (κ3) is 6.75. The zero-order valence-electron chi connectivity index (χ0n) is 16.4. The zero-order valence-corrected chi connectivity index (χ0v) is 16.4. The smallest absolute Gasteiger partial charge is 0.410 e. The van der Waals surface area contributed by atoms with Crippen LogP contribution in [0.2, 0.25) is 0 Å². The van der Waals surface area contributed by atoms with E-state index in [1.54, 1.807) is 4.90 Å². The van der Waals surface area contributed by atoms with Crippen molar-refractivity contribution in [3.05, 3.63) is 35.9 Å². The summed E-state index contributed by atoms with van der Waals surface area (Å²) in [5.74, 6) is 0. The van der Waals surface area contributed by atoms with Crippen LogP contribution < -0.4 is 5.32 Å². The highest BCUT2D eigenvalue weighted by atomic mass is 16.6. The molecule has 1 heterocycles. The average Bonchev–Trinajstić information content (AvgIpc) is 3.02. The summed E-state index contributed by atoms with van der Waals surface area (Å²) in [5, 5.41) is 12.1. The number of carbonyl (C=O) groups excluding carboxylic acids is 2. The van der Waals surface area contributed by atoms with Gasteiger partial charge >= 0.3 is 12.2 Å². The lowest BCUT2D eigenvalue weighted by molar-refractivity contribution is 0.0276. The molecule has 150 valence electrons. The van der Waals surface area contributed by atoms with Crippen LogP contribution in [0.1, 0.15) is 45.6 Å². The summed E-state index contributed by atoms with van der Waals surface area (Å²) in [6.45, 7) is 6.48. The SMILES string of the molecule is CC(C)(C)OC(=O)N1CCC(CCCO)(NC(=O)OCc2ccccc2)C1. The van der Waals surface area contributed by atoms with E-state index in [0.717, 1.165) is 5.56 Å². The monoisotopic (exact) mass is 378 g/mol. The first-order valence-electron chi connectivity index (χ1n) is 9.31. The van der Waals surface area contributed by atoms with Gasteiger partial charge < -0.3 is 24.8 Å². The van der Waals surface area contributed by atoms with Crippen LogP contribution in [0.25, 0.3) is 0 Å². The maximum atomic E-state index is 12.3. The first-order valence-corrected chi connectivity index (χ1v) is 9.31. The summed E-state index contributed by atoms with van der Waals surface area (Å²) >= 11 is 0. The van der Waals surface area contributed by atoms with Crippen molar-refractivity contribution in [3.8, 4) is 0 Å². The fourth-order valence-electron chi connectivity index (χ4n) is 3.12. The van der Waals surface area contributed by atoms with Crippen molar-refractivity contribution in [2.24, 2.45) is 0 Å². The van der Waals surface area contributed by atoms with Crippen LogP contribution in [0, 0.1) is 0 Å². The molecule has 0 aromatic heterocycles. The lowest BCUT2D eigenvalue weighted by atomic mass is 9.92. The van der Waals surface area contributed by atoms with Crippen LogP contribution in [0.15, 0.2) is 30.3 Å². The minimum Gasteiger partial charge on any atom is -0.445 e. The largest absolute Gasteiger partial charge is 0.445 e. The molecule has 2 rings (SSSR count). The Kier molecular flexibility index (Phi) is 7.07. The van der Waals surface area contributed by atoms with Gasteiger partial charge in [-0.05, 0) is 45.6 Å². The van der Waals surface area contributed by atoms with Crippen molar-refractivity contribution in [3.63, 3.8) is 0 Å². The Morgan fingerprint density at radius 2 is 1.96 bits per heavy atom. The maximum Gasteiger partial charge on any atom is 0.410 e. The first-order chi connectivity index (χ1) is 12.7. The Morgan fingerprint density at radius 3 is 2.59 bits per heavy atom. The van der Waals surface area contributed by atoms with Gasteiger partial charge in [0, 0.05) is 19.7 Å². The number of aliphatic hydroxyl groups excluding tert-OH is 1. The molecule has 0 spiro atoms. The average molecular weight is 378 g/mol. The molecule has 1 fully saturated rings. The first kappa shape index (κ1) is 21.0. The molecule has 0 aliphatic carbocycles. The number of benzene rings is 1. The van der Waals surface area contributed by atoms with Crippen molar-refractivity contribution in [2.75, 3.05) is 19.7 Å². The molecule has 1 aromatic carbocycles. The van der Waals surface area contributed by atoms with Gasteiger partial charge in [-0.15, -0.1) is 0 Å². The lowest BCUT2D eigenvalue weighted by Crippen LogP contribution is -2.51. The minimum absolute atomic E-state index is 0.0227. The summed E-state index contributed by atoms with van der Waals surface area (Å²) in [4.78, 5) is 26.2. The van der Waals surface area contributed by atoms with Gasteiger partial charge in [0.05, 0.1) is 5.54 Å². The molecular weight excluding hydrogens is 348 g/mol. The second-order valence-corrected chi connectivity index (χ2v) is 7.95. The molecule has 7 heteroatoms. The minimum atomic E-state index is -0.618. The number of nitrogens with zero attached hydrogens (tertiary/aromatic N) is 1. The van der Waals surface area contributed by atoms with Crippen LogP contribution in [-0.2, 0) is 16.1 Å². The Labute approximate surface area is 160 Å². The van der Waals surface area contributed by atoms with E-state index in [-0.39, 0.29) is 13.2 Å². The van der Waals surface area contributed by atoms with Crippen molar-refractivity contribution in [1.29, 1.82) is 0 Å². The van der Waals surface area contributed by atoms with Crippen LogP contribution in [0.5, 0.6) is 0 Å². The van der Waals surface area contributed by atoms with Crippen molar-refractivity contribution in [1.82, 2.24) is 10.2 Å². The fourth-order valence-corrected chi connectivity index (χ4v) is 3.12. The zero-order chi connectivity index (χ0) is 19.9. The van der Waals surface area contributed by atoms with Crippen molar-refractivity contribution < 1.29 is 24.2 Å². The third-order valence-corrected chi connectivity index (χ3v) is 4.40. The molecule has 2 amide bonds.